The zero-order valence-corrected chi connectivity index (χ0v) is 19.1. The van der Waals surface area contributed by atoms with Gasteiger partial charge in [-0.15, -0.1) is 0 Å². The fourth-order valence-corrected chi connectivity index (χ4v) is 3.90. The van der Waals surface area contributed by atoms with Gasteiger partial charge in [-0.3, -0.25) is 9.69 Å². The topological polar surface area (TPSA) is 59.4 Å². The lowest BCUT2D eigenvalue weighted by molar-refractivity contribution is -0.121. The van der Waals surface area contributed by atoms with Gasteiger partial charge in [-0.1, -0.05) is 54.6 Å². The number of aryl methyl sites for hydroxylation is 1. The van der Waals surface area contributed by atoms with Gasteiger partial charge in [-0.25, -0.2) is 4.68 Å². The Bertz CT molecular complexity index is 1210. The molecule has 33 heavy (non-hydrogen) atoms. The van der Waals surface area contributed by atoms with Crippen molar-refractivity contribution in [3.05, 3.63) is 108 Å². The molecule has 0 saturated heterocycles. The summed E-state index contributed by atoms with van der Waals surface area (Å²) < 4.78 is 7.29. The summed E-state index contributed by atoms with van der Waals surface area (Å²) in [4.78, 5) is 15.5. The smallest absolute Gasteiger partial charge is 0.246 e. The van der Waals surface area contributed by atoms with Gasteiger partial charge in [0, 0.05) is 18.3 Å². The molecular formula is C27H28N4O2. The monoisotopic (exact) mass is 440 g/mol. The molecule has 1 atom stereocenters. The van der Waals surface area contributed by atoms with E-state index in [9.17, 15) is 4.79 Å². The number of likely N-dealkylation sites (N-methyl/N-ethyl adjacent to an activating group) is 1. The van der Waals surface area contributed by atoms with Gasteiger partial charge in [0.05, 0.1) is 24.7 Å². The number of carbonyl (C=O) groups excluding carboxylic acids is 1. The van der Waals surface area contributed by atoms with E-state index in [1.54, 1.807) is 7.11 Å². The van der Waals surface area contributed by atoms with Crippen molar-refractivity contribution in [2.24, 2.45) is 0 Å². The molecule has 3 aromatic carbocycles. The zero-order chi connectivity index (χ0) is 23.2. The van der Waals surface area contributed by atoms with Gasteiger partial charge < -0.3 is 10.1 Å². The van der Waals surface area contributed by atoms with Crippen LogP contribution >= 0.6 is 0 Å². The molecule has 0 radical (unpaired) electrons. The number of rotatable bonds is 8. The molecule has 0 saturated carbocycles. The quantitative estimate of drug-likeness (QED) is 0.419. The van der Waals surface area contributed by atoms with Crippen molar-refractivity contribution in [3.63, 3.8) is 0 Å². The van der Waals surface area contributed by atoms with Gasteiger partial charge in [0.15, 0.2) is 0 Å². The Morgan fingerprint density at radius 3 is 2.45 bits per heavy atom. The van der Waals surface area contributed by atoms with Gasteiger partial charge in [0.25, 0.3) is 0 Å². The number of methoxy groups -OCH3 is 1. The second-order valence-corrected chi connectivity index (χ2v) is 8.05. The van der Waals surface area contributed by atoms with Crippen LogP contribution in [0.4, 0.5) is 5.69 Å². The second kappa shape index (κ2) is 10.1. The molecular weight excluding hydrogens is 412 g/mol. The lowest BCUT2D eigenvalue weighted by Gasteiger charge is -2.27. The van der Waals surface area contributed by atoms with E-state index in [1.165, 1.54) is 0 Å². The first kappa shape index (κ1) is 22.3. The third kappa shape index (κ3) is 5.30. The van der Waals surface area contributed by atoms with Gasteiger partial charge in [-0.05, 0) is 49.4 Å². The zero-order valence-electron chi connectivity index (χ0n) is 19.1. The minimum Gasteiger partial charge on any atom is -0.495 e. The first-order valence-electron chi connectivity index (χ1n) is 10.8. The highest BCUT2D eigenvalue weighted by Crippen LogP contribution is 2.29. The molecule has 1 N–H and O–H groups in total. The van der Waals surface area contributed by atoms with Crippen LogP contribution in [0, 0.1) is 6.92 Å². The Balaban J connectivity index is 1.58. The molecule has 4 rings (SSSR count). The van der Waals surface area contributed by atoms with E-state index < -0.39 is 6.04 Å². The van der Waals surface area contributed by atoms with Gasteiger partial charge in [0.2, 0.25) is 5.91 Å². The number of hydrogen-bond acceptors (Lipinski definition) is 4. The minimum atomic E-state index is -0.489. The number of ether oxygens (including phenoxy) is 1. The highest BCUT2D eigenvalue weighted by atomic mass is 16.5. The number of anilines is 1. The lowest BCUT2D eigenvalue weighted by atomic mass is 10.0. The van der Waals surface area contributed by atoms with Crippen LogP contribution in [0.15, 0.2) is 91.3 Å². The van der Waals surface area contributed by atoms with Crippen LogP contribution < -0.4 is 10.1 Å². The second-order valence-electron chi connectivity index (χ2n) is 8.05. The molecule has 1 aromatic heterocycles. The number of hydrogen-bond donors (Lipinski definition) is 1. The van der Waals surface area contributed by atoms with E-state index in [4.69, 9.17) is 4.74 Å². The third-order valence-electron chi connectivity index (χ3n) is 5.51. The average molecular weight is 441 g/mol. The normalized spacial score (nSPS) is 11.9. The van der Waals surface area contributed by atoms with Gasteiger partial charge in [-0.2, -0.15) is 5.10 Å². The van der Waals surface area contributed by atoms with Crippen molar-refractivity contribution in [1.29, 1.82) is 0 Å². The molecule has 0 aliphatic heterocycles. The largest absolute Gasteiger partial charge is 0.495 e. The molecule has 1 amide bonds. The lowest BCUT2D eigenvalue weighted by Crippen LogP contribution is -2.34. The molecule has 6 heteroatoms. The van der Waals surface area contributed by atoms with E-state index >= 15 is 0 Å². The van der Waals surface area contributed by atoms with Crippen molar-refractivity contribution in [3.8, 4) is 11.4 Å². The van der Waals surface area contributed by atoms with Crippen LogP contribution in [0.25, 0.3) is 5.69 Å². The number of amides is 1. The van der Waals surface area contributed by atoms with Crippen LogP contribution in [-0.2, 0) is 11.3 Å². The molecule has 0 aliphatic carbocycles. The summed E-state index contributed by atoms with van der Waals surface area (Å²) in [5.74, 6) is 0.510. The molecule has 168 valence electrons. The summed E-state index contributed by atoms with van der Waals surface area (Å²) in [5.41, 5.74) is 4.64. The maximum atomic E-state index is 13.5. The Morgan fingerprint density at radius 2 is 1.76 bits per heavy atom. The van der Waals surface area contributed by atoms with E-state index in [0.29, 0.717) is 18.0 Å². The highest BCUT2D eigenvalue weighted by molar-refractivity contribution is 5.96. The summed E-state index contributed by atoms with van der Waals surface area (Å²) >= 11 is 0. The van der Waals surface area contributed by atoms with Gasteiger partial charge >= 0.3 is 0 Å². The number of benzene rings is 3. The Hall–Kier alpha value is -3.90. The highest BCUT2D eigenvalue weighted by Gasteiger charge is 2.26. The van der Waals surface area contributed by atoms with Crippen molar-refractivity contribution in [1.82, 2.24) is 14.7 Å². The van der Waals surface area contributed by atoms with Gasteiger partial charge in [0.1, 0.15) is 11.8 Å². The Labute approximate surface area is 194 Å². The Morgan fingerprint density at radius 1 is 1.06 bits per heavy atom. The van der Waals surface area contributed by atoms with E-state index in [1.807, 2.05) is 115 Å². The van der Waals surface area contributed by atoms with E-state index in [-0.39, 0.29) is 5.91 Å². The predicted molar refractivity (Wildman–Crippen MR) is 131 cm³/mol. The number of para-hydroxylation sites is 1. The third-order valence-corrected chi connectivity index (χ3v) is 5.51. The first-order chi connectivity index (χ1) is 16.0. The van der Waals surface area contributed by atoms with Crippen LogP contribution in [0.5, 0.6) is 5.75 Å². The summed E-state index contributed by atoms with van der Waals surface area (Å²) in [5, 5.41) is 7.56. The number of nitrogens with one attached hydrogen (secondary N) is 1. The molecule has 0 spiro atoms. The first-order valence-corrected chi connectivity index (χ1v) is 10.8. The maximum Gasteiger partial charge on any atom is 0.246 e. The summed E-state index contributed by atoms with van der Waals surface area (Å²) in [7, 11) is 3.55. The number of aromatic nitrogens is 2. The fourth-order valence-electron chi connectivity index (χ4n) is 3.90. The van der Waals surface area contributed by atoms with Crippen LogP contribution in [0.1, 0.15) is 22.7 Å². The SMILES string of the molecule is COc1ccc(C)cc1NC(=O)[C@@H](c1ccccc1)N(C)Cc1cnn(-c2ccccc2)c1. The Kier molecular flexibility index (Phi) is 6.86. The summed E-state index contributed by atoms with van der Waals surface area (Å²) in [6, 6.07) is 25.0. The standard InChI is InChI=1S/C27H28N4O2/c1-20-14-15-25(33-3)24(16-20)29-27(32)26(22-10-6-4-7-11-22)30(2)18-21-17-28-31(19-21)23-12-8-5-9-13-23/h4-17,19,26H,18H2,1-3H3,(H,29,32)/t26-/m1/s1. The van der Waals surface area contributed by atoms with Crippen molar-refractivity contribution < 1.29 is 9.53 Å². The van der Waals surface area contributed by atoms with Crippen LogP contribution in [0.2, 0.25) is 0 Å². The van der Waals surface area contributed by atoms with E-state index in [2.05, 4.69) is 10.4 Å². The predicted octanol–water partition coefficient (Wildman–Crippen LogP) is 5.00. The van der Waals surface area contributed by atoms with Crippen molar-refractivity contribution in [2.75, 3.05) is 19.5 Å². The molecule has 6 nitrogen and oxygen atoms in total. The van der Waals surface area contributed by atoms with E-state index in [0.717, 1.165) is 22.4 Å². The molecule has 1 heterocycles. The maximum absolute atomic E-state index is 13.5. The van der Waals surface area contributed by atoms with Crippen molar-refractivity contribution >= 4 is 11.6 Å². The molecule has 0 aliphatic rings. The van der Waals surface area contributed by atoms with Crippen LogP contribution in [-0.4, -0.2) is 34.7 Å². The molecule has 0 fully saturated rings. The number of nitrogens with zero attached hydrogens (tertiary/aromatic N) is 3. The summed E-state index contributed by atoms with van der Waals surface area (Å²) in [6.07, 6.45) is 3.84. The fraction of sp³-hybridized carbons (Fsp3) is 0.185. The summed E-state index contributed by atoms with van der Waals surface area (Å²) in [6.45, 7) is 2.55. The molecule has 0 bridgehead atoms. The number of carbonyl (C=O) groups is 1. The van der Waals surface area contributed by atoms with Crippen LogP contribution in [0.3, 0.4) is 0 Å². The van der Waals surface area contributed by atoms with Crippen molar-refractivity contribution in [2.45, 2.75) is 19.5 Å². The molecule has 4 aromatic rings. The average Bonchev–Trinajstić information content (AvgIpc) is 3.29. The molecule has 0 unspecified atom stereocenters. The minimum absolute atomic E-state index is 0.122.